The van der Waals surface area contributed by atoms with Gasteiger partial charge in [0.05, 0.1) is 16.5 Å². The van der Waals surface area contributed by atoms with Gasteiger partial charge in [-0.3, -0.25) is 9.59 Å². The number of aromatic nitrogens is 1. The summed E-state index contributed by atoms with van der Waals surface area (Å²) < 4.78 is 38.2. The number of benzene rings is 1. The molecular weight excluding hydrogens is 371 g/mol. The Labute approximate surface area is 149 Å². The molecule has 2 aromatic rings. The van der Waals surface area contributed by atoms with E-state index in [-0.39, 0.29) is 23.7 Å². The molecule has 0 aliphatic carbocycles. The number of amides is 2. The molecule has 3 N–H and O–H groups in total. The topological polar surface area (TPSA) is 91.3 Å². The number of carbonyl (C=O) groups is 2. The van der Waals surface area contributed by atoms with Crippen LogP contribution in [0.2, 0.25) is 0 Å². The van der Waals surface area contributed by atoms with Crippen molar-refractivity contribution in [2.45, 2.75) is 22.7 Å². The number of anilines is 2. The average Bonchev–Trinajstić information content (AvgIpc) is 2.56. The number of halogens is 3. The van der Waals surface area contributed by atoms with Crippen molar-refractivity contribution in [3.05, 3.63) is 42.1 Å². The number of nitrogens with one attached hydrogen (secondary N) is 2. The Hall–Kier alpha value is -2.75. The first-order valence-corrected chi connectivity index (χ1v) is 8.24. The van der Waals surface area contributed by atoms with E-state index < -0.39 is 28.8 Å². The third-order valence-corrected chi connectivity index (χ3v) is 4.82. The normalized spacial score (nSPS) is 16.6. The van der Waals surface area contributed by atoms with Gasteiger partial charge >= 0.3 is 6.18 Å². The molecule has 0 fully saturated rings. The SMILES string of the molecule is O=C(C[C@H]1Sc2ccc(C(F)(F)F)cc2NC1=O)Nc1ncccc1O. The van der Waals surface area contributed by atoms with E-state index in [1.165, 1.54) is 24.4 Å². The predicted molar refractivity (Wildman–Crippen MR) is 88.9 cm³/mol. The Morgan fingerprint density at radius 1 is 1.35 bits per heavy atom. The van der Waals surface area contributed by atoms with E-state index >= 15 is 0 Å². The summed E-state index contributed by atoms with van der Waals surface area (Å²) in [6.07, 6.45) is -3.36. The third kappa shape index (κ3) is 3.90. The molecule has 1 aromatic heterocycles. The molecule has 0 saturated heterocycles. The van der Waals surface area contributed by atoms with Crippen molar-refractivity contribution in [1.82, 2.24) is 4.98 Å². The molecule has 6 nitrogen and oxygen atoms in total. The highest BCUT2D eigenvalue weighted by molar-refractivity contribution is 8.01. The van der Waals surface area contributed by atoms with Gasteiger partial charge in [-0.1, -0.05) is 0 Å². The molecule has 0 spiro atoms. The lowest BCUT2D eigenvalue weighted by Crippen LogP contribution is -2.32. The van der Waals surface area contributed by atoms with E-state index in [0.717, 1.165) is 23.9 Å². The lowest BCUT2D eigenvalue weighted by molar-refractivity contribution is -0.137. The number of hydrogen-bond acceptors (Lipinski definition) is 5. The Morgan fingerprint density at radius 3 is 2.81 bits per heavy atom. The maximum Gasteiger partial charge on any atom is 0.416 e. The van der Waals surface area contributed by atoms with Crippen LogP contribution < -0.4 is 10.6 Å². The molecule has 1 aromatic carbocycles. The Kier molecular flexibility index (Phi) is 4.77. The van der Waals surface area contributed by atoms with Crippen molar-refractivity contribution >= 4 is 35.1 Å². The minimum atomic E-state index is -4.51. The van der Waals surface area contributed by atoms with Crippen LogP contribution in [0, 0.1) is 0 Å². The first-order valence-electron chi connectivity index (χ1n) is 7.36. The minimum absolute atomic E-state index is 0.0334. The maximum absolute atomic E-state index is 12.7. The molecule has 0 bridgehead atoms. The van der Waals surface area contributed by atoms with Gasteiger partial charge in [-0.2, -0.15) is 13.2 Å². The number of aromatic hydroxyl groups is 1. The van der Waals surface area contributed by atoms with E-state index in [0.29, 0.717) is 4.90 Å². The maximum atomic E-state index is 12.7. The van der Waals surface area contributed by atoms with Crippen molar-refractivity contribution in [1.29, 1.82) is 0 Å². The Balaban J connectivity index is 1.70. The molecule has 26 heavy (non-hydrogen) atoms. The molecule has 0 radical (unpaired) electrons. The van der Waals surface area contributed by atoms with Crippen LogP contribution in [0.25, 0.3) is 0 Å². The van der Waals surface area contributed by atoms with Crippen LogP contribution >= 0.6 is 11.8 Å². The number of rotatable bonds is 3. The summed E-state index contributed by atoms with van der Waals surface area (Å²) in [6.45, 7) is 0. The summed E-state index contributed by atoms with van der Waals surface area (Å²) in [5, 5.41) is 13.6. The highest BCUT2D eigenvalue weighted by Gasteiger charge is 2.34. The van der Waals surface area contributed by atoms with Gasteiger partial charge in [-0.05, 0) is 30.3 Å². The summed E-state index contributed by atoms with van der Waals surface area (Å²) >= 11 is 1.00. The van der Waals surface area contributed by atoms with Crippen molar-refractivity contribution in [3.8, 4) is 5.75 Å². The van der Waals surface area contributed by atoms with Gasteiger partial charge in [0.15, 0.2) is 11.6 Å². The molecule has 0 saturated carbocycles. The van der Waals surface area contributed by atoms with E-state index in [4.69, 9.17) is 0 Å². The van der Waals surface area contributed by atoms with E-state index in [1.807, 2.05) is 0 Å². The fourth-order valence-corrected chi connectivity index (χ4v) is 3.40. The standard InChI is InChI=1S/C16H12F3N3O3S/c17-16(18,19)8-3-4-11-9(6-8)21-15(25)12(26-11)7-13(24)22-14-10(23)2-1-5-20-14/h1-6,12,23H,7H2,(H,21,25)(H,20,22,24)/t12-/m1/s1. The fourth-order valence-electron chi connectivity index (χ4n) is 2.31. The van der Waals surface area contributed by atoms with E-state index in [2.05, 4.69) is 15.6 Å². The van der Waals surface area contributed by atoms with Crippen LogP contribution in [-0.4, -0.2) is 27.2 Å². The van der Waals surface area contributed by atoms with Crippen LogP contribution in [0.5, 0.6) is 5.75 Å². The summed E-state index contributed by atoms with van der Waals surface area (Å²) in [6, 6.07) is 5.88. The van der Waals surface area contributed by atoms with Crippen LogP contribution in [0.1, 0.15) is 12.0 Å². The molecule has 1 aliphatic rings. The van der Waals surface area contributed by atoms with Crippen LogP contribution in [0.3, 0.4) is 0 Å². The van der Waals surface area contributed by atoms with Crippen LogP contribution in [0.4, 0.5) is 24.7 Å². The average molecular weight is 383 g/mol. The molecule has 0 unspecified atom stereocenters. The molecule has 1 atom stereocenters. The fraction of sp³-hybridized carbons (Fsp3) is 0.188. The summed E-state index contributed by atoms with van der Waals surface area (Å²) in [4.78, 5) is 28.4. The highest BCUT2D eigenvalue weighted by Crippen LogP contribution is 2.40. The second-order valence-electron chi connectivity index (χ2n) is 5.43. The lowest BCUT2D eigenvalue weighted by Gasteiger charge is -2.24. The number of alkyl halides is 3. The highest BCUT2D eigenvalue weighted by atomic mass is 32.2. The number of thioether (sulfide) groups is 1. The van der Waals surface area contributed by atoms with Crippen molar-refractivity contribution < 1.29 is 27.9 Å². The van der Waals surface area contributed by atoms with Crippen molar-refractivity contribution in [3.63, 3.8) is 0 Å². The van der Waals surface area contributed by atoms with Gasteiger partial charge < -0.3 is 15.7 Å². The van der Waals surface area contributed by atoms with Gasteiger partial charge in [0, 0.05) is 17.5 Å². The second-order valence-corrected chi connectivity index (χ2v) is 6.67. The Bertz CT molecular complexity index is 873. The van der Waals surface area contributed by atoms with Crippen molar-refractivity contribution in [2.75, 3.05) is 10.6 Å². The molecule has 10 heteroatoms. The molecule has 3 rings (SSSR count). The lowest BCUT2D eigenvalue weighted by atomic mass is 10.1. The number of nitrogens with zero attached hydrogens (tertiary/aromatic N) is 1. The number of pyridine rings is 1. The second kappa shape index (κ2) is 6.87. The van der Waals surface area contributed by atoms with E-state index in [1.54, 1.807) is 0 Å². The summed E-state index contributed by atoms with van der Waals surface area (Å²) in [5.74, 6) is -1.37. The molecule has 2 amide bonds. The van der Waals surface area contributed by atoms with E-state index in [9.17, 15) is 27.9 Å². The molecule has 2 heterocycles. The van der Waals surface area contributed by atoms with Crippen molar-refractivity contribution in [2.24, 2.45) is 0 Å². The molecule has 1 aliphatic heterocycles. The van der Waals surface area contributed by atoms with Gasteiger partial charge in [0.25, 0.3) is 0 Å². The minimum Gasteiger partial charge on any atom is -0.504 e. The van der Waals surface area contributed by atoms with Gasteiger partial charge in [0.2, 0.25) is 11.8 Å². The Morgan fingerprint density at radius 2 is 2.12 bits per heavy atom. The zero-order chi connectivity index (χ0) is 18.9. The van der Waals surface area contributed by atoms with Gasteiger partial charge in [0.1, 0.15) is 0 Å². The number of fused-ring (bicyclic) bond motifs is 1. The smallest absolute Gasteiger partial charge is 0.416 e. The van der Waals surface area contributed by atoms with Crippen LogP contribution in [-0.2, 0) is 15.8 Å². The predicted octanol–water partition coefficient (Wildman–Crippen LogP) is 3.25. The number of hydrogen-bond donors (Lipinski definition) is 3. The van der Waals surface area contributed by atoms with Gasteiger partial charge in [-0.15, -0.1) is 11.8 Å². The largest absolute Gasteiger partial charge is 0.504 e. The zero-order valence-electron chi connectivity index (χ0n) is 13.0. The molecular formula is C16H12F3N3O3S. The quantitative estimate of drug-likeness (QED) is 0.757. The summed E-state index contributed by atoms with van der Waals surface area (Å²) in [5.41, 5.74) is -0.798. The van der Waals surface area contributed by atoms with Gasteiger partial charge in [-0.25, -0.2) is 4.98 Å². The number of carbonyl (C=O) groups excluding carboxylic acids is 2. The zero-order valence-corrected chi connectivity index (χ0v) is 13.8. The molecule has 136 valence electrons. The first-order chi connectivity index (χ1) is 12.2. The van der Waals surface area contributed by atoms with Crippen LogP contribution in [0.15, 0.2) is 41.4 Å². The third-order valence-electron chi connectivity index (χ3n) is 3.54. The monoisotopic (exact) mass is 383 g/mol. The summed E-state index contributed by atoms with van der Waals surface area (Å²) in [7, 11) is 0. The first kappa shape index (κ1) is 18.1.